The molecule has 0 atom stereocenters. The van der Waals surface area contributed by atoms with Crippen LogP contribution in [0.5, 0.6) is 5.75 Å². The molecule has 0 radical (unpaired) electrons. The first-order chi connectivity index (χ1) is 11.6. The van der Waals surface area contributed by atoms with Crippen molar-refractivity contribution in [3.8, 4) is 5.75 Å². The van der Waals surface area contributed by atoms with E-state index in [9.17, 15) is 0 Å². The van der Waals surface area contributed by atoms with Crippen LogP contribution in [0.4, 0.5) is 0 Å². The molecule has 1 saturated heterocycles. The fourth-order valence-corrected chi connectivity index (χ4v) is 3.76. The van der Waals surface area contributed by atoms with E-state index in [1.807, 2.05) is 0 Å². The summed E-state index contributed by atoms with van der Waals surface area (Å²) in [5.41, 5.74) is 2.68. The summed E-state index contributed by atoms with van der Waals surface area (Å²) >= 11 is 0. The molecular weight excluding hydrogens is 298 g/mol. The van der Waals surface area contributed by atoms with Crippen LogP contribution >= 0.6 is 0 Å². The molecule has 0 aliphatic carbocycles. The van der Waals surface area contributed by atoms with Crippen LogP contribution < -0.4 is 10.1 Å². The predicted octanol–water partition coefficient (Wildman–Crippen LogP) is 2.52. The molecule has 1 fully saturated rings. The molecule has 0 amide bonds. The Bertz CT molecular complexity index is 536. The SMILES string of the molecule is CCN1CCN(CCCNCc2ccc3c(c2)CC(C)(C)O3)CC1. The van der Waals surface area contributed by atoms with Crippen LogP contribution in [-0.2, 0) is 13.0 Å². The molecule has 0 bridgehead atoms. The van der Waals surface area contributed by atoms with Gasteiger partial charge in [-0.3, -0.25) is 0 Å². The number of rotatable bonds is 7. The summed E-state index contributed by atoms with van der Waals surface area (Å²) in [6.45, 7) is 16.0. The van der Waals surface area contributed by atoms with Crippen molar-refractivity contribution in [3.05, 3.63) is 29.3 Å². The summed E-state index contributed by atoms with van der Waals surface area (Å²) in [5.74, 6) is 1.06. The minimum Gasteiger partial charge on any atom is -0.487 e. The van der Waals surface area contributed by atoms with Gasteiger partial charge in [-0.2, -0.15) is 0 Å². The molecule has 4 heteroatoms. The van der Waals surface area contributed by atoms with Gasteiger partial charge in [0.15, 0.2) is 0 Å². The first-order valence-corrected chi connectivity index (χ1v) is 9.52. The van der Waals surface area contributed by atoms with Gasteiger partial charge in [0.1, 0.15) is 11.4 Å². The number of hydrogen-bond donors (Lipinski definition) is 1. The van der Waals surface area contributed by atoms with E-state index in [1.165, 1.54) is 56.8 Å². The Kier molecular flexibility index (Phi) is 5.80. The summed E-state index contributed by atoms with van der Waals surface area (Å²) in [6, 6.07) is 6.63. The summed E-state index contributed by atoms with van der Waals surface area (Å²) < 4.78 is 5.95. The number of nitrogens with zero attached hydrogens (tertiary/aromatic N) is 2. The van der Waals surface area contributed by atoms with Gasteiger partial charge in [-0.1, -0.05) is 19.1 Å². The summed E-state index contributed by atoms with van der Waals surface area (Å²) in [7, 11) is 0. The van der Waals surface area contributed by atoms with Crippen LogP contribution in [0.25, 0.3) is 0 Å². The van der Waals surface area contributed by atoms with Gasteiger partial charge in [-0.05, 0) is 57.1 Å². The molecule has 0 aromatic heterocycles. The van der Waals surface area contributed by atoms with E-state index in [0.29, 0.717) is 0 Å². The second-order valence-electron chi connectivity index (χ2n) is 7.79. The number of hydrogen-bond acceptors (Lipinski definition) is 4. The lowest BCUT2D eigenvalue weighted by molar-refractivity contribution is 0.136. The summed E-state index contributed by atoms with van der Waals surface area (Å²) in [4.78, 5) is 5.14. The highest BCUT2D eigenvalue weighted by Crippen LogP contribution is 2.35. The van der Waals surface area contributed by atoms with Gasteiger partial charge in [0, 0.05) is 39.1 Å². The minimum absolute atomic E-state index is 0.0455. The quantitative estimate of drug-likeness (QED) is 0.777. The highest BCUT2D eigenvalue weighted by Gasteiger charge is 2.29. The molecule has 1 aromatic carbocycles. The van der Waals surface area contributed by atoms with Crippen LogP contribution in [-0.4, -0.2) is 61.2 Å². The number of fused-ring (bicyclic) bond motifs is 1. The van der Waals surface area contributed by atoms with Gasteiger partial charge in [-0.15, -0.1) is 0 Å². The Morgan fingerprint density at radius 3 is 2.62 bits per heavy atom. The third kappa shape index (κ3) is 4.71. The molecule has 24 heavy (non-hydrogen) atoms. The Morgan fingerprint density at radius 2 is 1.88 bits per heavy atom. The third-order valence-electron chi connectivity index (χ3n) is 5.20. The Morgan fingerprint density at radius 1 is 1.12 bits per heavy atom. The fourth-order valence-electron chi connectivity index (χ4n) is 3.76. The van der Waals surface area contributed by atoms with Crippen LogP contribution in [0.3, 0.4) is 0 Å². The normalized spacial score (nSPS) is 20.8. The zero-order valence-electron chi connectivity index (χ0n) is 15.6. The number of piperazine rings is 1. The topological polar surface area (TPSA) is 27.7 Å². The standard InChI is InChI=1S/C20H33N3O/c1-4-22-10-12-23(13-11-22)9-5-8-21-16-17-6-7-19-18(14-17)15-20(2,3)24-19/h6-7,14,21H,4-5,8-13,15-16H2,1-3H3. The lowest BCUT2D eigenvalue weighted by Gasteiger charge is -2.34. The predicted molar refractivity (Wildman–Crippen MR) is 99.7 cm³/mol. The molecule has 3 rings (SSSR count). The number of ether oxygens (including phenoxy) is 1. The van der Waals surface area contributed by atoms with Crippen molar-refractivity contribution >= 4 is 0 Å². The average Bonchev–Trinajstić information content (AvgIpc) is 2.88. The molecule has 0 unspecified atom stereocenters. The highest BCUT2D eigenvalue weighted by atomic mass is 16.5. The molecule has 0 saturated carbocycles. The average molecular weight is 332 g/mol. The van der Waals surface area contributed by atoms with Gasteiger partial charge in [0.05, 0.1) is 0 Å². The lowest BCUT2D eigenvalue weighted by atomic mass is 10.0. The van der Waals surface area contributed by atoms with Crippen molar-refractivity contribution < 1.29 is 4.74 Å². The largest absolute Gasteiger partial charge is 0.487 e. The number of nitrogens with one attached hydrogen (secondary N) is 1. The first kappa shape index (κ1) is 17.7. The summed E-state index contributed by atoms with van der Waals surface area (Å²) in [5, 5.41) is 3.60. The highest BCUT2D eigenvalue weighted by molar-refractivity contribution is 5.41. The van der Waals surface area contributed by atoms with E-state index >= 15 is 0 Å². The molecule has 0 spiro atoms. The van der Waals surface area contributed by atoms with Gasteiger partial charge in [0.2, 0.25) is 0 Å². The van der Waals surface area contributed by atoms with Gasteiger partial charge < -0.3 is 19.9 Å². The molecule has 2 heterocycles. The molecular formula is C20H33N3O. The van der Waals surface area contributed by atoms with E-state index in [2.05, 4.69) is 54.1 Å². The maximum atomic E-state index is 5.95. The number of likely N-dealkylation sites (N-methyl/N-ethyl adjacent to an activating group) is 1. The van der Waals surface area contributed by atoms with Gasteiger partial charge >= 0.3 is 0 Å². The molecule has 1 N–H and O–H groups in total. The second-order valence-corrected chi connectivity index (χ2v) is 7.79. The Labute approximate surface area is 147 Å². The molecule has 4 nitrogen and oxygen atoms in total. The van der Waals surface area contributed by atoms with Gasteiger partial charge in [-0.25, -0.2) is 0 Å². The lowest BCUT2D eigenvalue weighted by Crippen LogP contribution is -2.46. The van der Waals surface area contributed by atoms with Crippen LogP contribution in [0.1, 0.15) is 38.3 Å². The molecule has 134 valence electrons. The van der Waals surface area contributed by atoms with Crippen molar-refractivity contribution in [1.29, 1.82) is 0 Å². The van der Waals surface area contributed by atoms with E-state index in [0.717, 1.165) is 25.3 Å². The molecule has 1 aromatic rings. The van der Waals surface area contributed by atoms with Crippen molar-refractivity contribution in [1.82, 2.24) is 15.1 Å². The van der Waals surface area contributed by atoms with Crippen molar-refractivity contribution in [2.75, 3.05) is 45.8 Å². The molecule has 2 aliphatic rings. The number of benzene rings is 1. The minimum atomic E-state index is -0.0455. The van der Waals surface area contributed by atoms with E-state index in [1.54, 1.807) is 0 Å². The maximum absolute atomic E-state index is 5.95. The van der Waals surface area contributed by atoms with Crippen molar-refractivity contribution in [2.24, 2.45) is 0 Å². The first-order valence-electron chi connectivity index (χ1n) is 9.52. The van der Waals surface area contributed by atoms with E-state index in [-0.39, 0.29) is 5.60 Å². The van der Waals surface area contributed by atoms with E-state index in [4.69, 9.17) is 4.74 Å². The van der Waals surface area contributed by atoms with Crippen molar-refractivity contribution in [2.45, 2.75) is 45.8 Å². The fraction of sp³-hybridized carbons (Fsp3) is 0.700. The summed E-state index contributed by atoms with van der Waals surface area (Å²) in [6.07, 6.45) is 2.24. The van der Waals surface area contributed by atoms with Crippen molar-refractivity contribution in [3.63, 3.8) is 0 Å². The maximum Gasteiger partial charge on any atom is 0.123 e. The van der Waals surface area contributed by atoms with Crippen LogP contribution in [0.15, 0.2) is 18.2 Å². The smallest absolute Gasteiger partial charge is 0.123 e. The Hall–Kier alpha value is -1.10. The zero-order chi connectivity index (χ0) is 17.0. The van der Waals surface area contributed by atoms with Crippen LogP contribution in [0, 0.1) is 0 Å². The van der Waals surface area contributed by atoms with Crippen LogP contribution in [0.2, 0.25) is 0 Å². The Balaban J connectivity index is 1.33. The second kappa shape index (κ2) is 7.85. The molecule has 2 aliphatic heterocycles. The monoisotopic (exact) mass is 331 g/mol. The van der Waals surface area contributed by atoms with Gasteiger partial charge in [0.25, 0.3) is 0 Å². The van der Waals surface area contributed by atoms with E-state index < -0.39 is 0 Å². The third-order valence-corrected chi connectivity index (χ3v) is 5.20. The zero-order valence-corrected chi connectivity index (χ0v) is 15.6.